The van der Waals surface area contributed by atoms with E-state index < -0.39 is 36.0 Å². The molecule has 2 heterocycles. The first-order valence-corrected chi connectivity index (χ1v) is 7.41. The molecule has 7 heteroatoms. The number of benzene rings is 1. The second-order valence-corrected chi connectivity index (χ2v) is 6.43. The number of carbonyl (C=O) groups is 2. The minimum Gasteiger partial charge on any atom is -0.345 e. The molecule has 0 aliphatic carbocycles. The molecule has 124 valence electrons. The lowest BCUT2D eigenvalue weighted by Crippen LogP contribution is -2.57. The van der Waals surface area contributed by atoms with Gasteiger partial charge in [-0.05, 0) is 18.6 Å². The van der Waals surface area contributed by atoms with Crippen LogP contribution in [0.4, 0.5) is 13.2 Å². The molecule has 23 heavy (non-hydrogen) atoms. The van der Waals surface area contributed by atoms with Crippen molar-refractivity contribution in [3.05, 3.63) is 35.6 Å². The van der Waals surface area contributed by atoms with Crippen molar-refractivity contribution in [3.8, 4) is 0 Å². The highest BCUT2D eigenvalue weighted by Crippen LogP contribution is 2.45. The van der Waals surface area contributed by atoms with E-state index in [4.69, 9.17) is 0 Å². The zero-order valence-corrected chi connectivity index (χ0v) is 12.7. The molecule has 1 spiro atoms. The molecule has 1 atom stereocenters. The summed E-state index contributed by atoms with van der Waals surface area (Å²) < 4.78 is 42.1. The number of nitrogens with zero attached hydrogens (tertiary/aromatic N) is 2. The van der Waals surface area contributed by atoms with Crippen LogP contribution in [-0.4, -0.2) is 54.2 Å². The van der Waals surface area contributed by atoms with E-state index in [0.717, 1.165) is 11.0 Å². The number of amides is 2. The number of halogens is 3. The number of hydrogen-bond acceptors (Lipinski definition) is 2. The topological polar surface area (TPSA) is 40.6 Å². The summed E-state index contributed by atoms with van der Waals surface area (Å²) in [7, 11) is 1.56. The maximum atomic E-state index is 14.2. The van der Waals surface area contributed by atoms with Crippen molar-refractivity contribution < 1.29 is 22.8 Å². The maximum Gasteiger partial charge on any atom is 0.266 e. The molecule has 4 nitrogen and oxygen atoms in total. The van der Waals surface area contributed by atoms with E-state index in [0.29, 0.717) is 6.54 Å². The normalized spacial score (nSPS) is 26.9. The van der Waals surface area contributed by atoms with E-state index in [2.05, 4.69) is 0 Å². The summed E-state index contributed by atoms with van der Waals surface area (Å²) in [6.45, 7) is -0.505. The molecule has 0 N–H and O–H groups in total. The van der Waals surface area contributed by atoms with E-state index in [1.54, 1.807) is 7.05 Å². The third-order valence-electron chi connectivity index (χ3n) is 4.63. The standard InChI is InChI=1S/C16H17F3N2O2/c1-20-7-6-15(14(20)23)8-16(18,19)10-21(9-15)13(22)11-4-2-3-5-12(11)17/h2-5H,6-10H2,1H3/t15-/m0/s1. The molecule has 1 aromatic carbocycles. The van der Waals surface area contributed by atoms with Crippen LogP contribution in [-0.2, 0) is 4.79 Å². The van der Waals surface area contributed by atoms with Gasteiger partial charge in [-0.25, -0.2) is 13.2 Å². The van der Waals surface area contributed by atoms with Gasteiger partial charge in [-0.15, -0.1) is 0 Å². The molecule has 0 bridgehead atoms. The molecule has 0 radical (unpaired) electrons. The summed E-state index contributed by atoms with van der Waals surface area (Å²) in [6, 6.07) is 5.27. The Bertz CT molecular complexity index is 664. The molecule has 2 saturated heterocycles. The SMILES string of the molecule is CN1CC[C@]2(CN(C(=O)c3ccccc3F)CC(F)(F)C2)C1=O. The van der Waals surface area contributed by atoms with E-state index in [1.165, 1.54) is 23.1 Å². The van der Waals surface area contributed by atoms with Gasteiger partial charge < -0.3 is 9.80 Å². The van der Waals surface area contributed by atoms with Gasteiger partial charge in [-0.3, -0.25) is 9.59 Å². The fraction of sp³-hybridized carbons (Fsp3) is 0.500. The Morgan fingerprint density at radius 3 is 2.52 bits per heavy atom. The fourth-order valence-corrected chi connectivity index (χ4v) is 3.56. The van der Waals surface area contributed by atoms with Crippen molar-refractivity contribution in [1.82, 2.24) is 9.80 Å². The van der Waals surface area contributed by atoms with Crippen molar-refractivity contribution in [2.75, 3.05) is 26.7 Å². The Hall–Kier alpha value is -2.05. The summed E-state index contributed by atoms with van der Waals surface area (Å²) in [6.07, 6.45) is -0.288. The second kappa shape index (κ2) is 5.25. The largest absolute Gasteiger partial charge is 0.345 e. The predicted molar refractivity (Wildman–Crippen MR) is 76.6 cm³/mol. The third-order valence-corrected chi connectivity index (χ3v) is 4.63. The molecular formula is C16H17F3N2O2. The molecular weight excluding hydrogens is 309 g/mol. The first kappa shape index (κ1) is 15.8. The highest BCUT2D eigenvalue weighted by Gasteiger charge is 2.57. The minimum atomic E-state index is -3.17. The zero-order valence-electron chi connectivity index (χ0n) is 12.7. The number of alkyl halides is 2. The molecule has 2 fully saturated rings. The lowest BCUT2D eigenvalue weighted by Gasteiger charge is -2.42. The average Bonchev–Trinajstić information content (AvgIpc) is 2.74. The van der Waals surface area contributed by atoms with E-state index >= 15 is 0 Å². The highest BCUT2D eigenvalue weighted by molar-refractivity contribution is 5.95. The second-order valence-electron chi connectivity index (χ2n) is 6.43. The summed E-state index contributed by atoms with van der Waals surface area (Å²) in [5.41, 5.74) is -1.52. The molecule has 3 rings (SSSR count). The highest BCUT2D eigenvalue weighted by atomic mass is 19.3. The summed E-state index contributed by atoms with van der Waals surface area (Å²) in [4.78, 5) is 27.1. The molecule has 2 amide bonds. The van der Waals surface area contributed by atoms with Gasteiger partial charge in [0.2, 0.25) is 5.91 Å². The van der Waals surface area contributed by atoms with Crippen LogP contribution >= 0.6 is 0 Å². The van der Waals surface area contributed by atoms with Crippen LogP contribution in [0.1, 0.15) is 23.2 Å². The smallest absolute Gasteiger partial charge is 0.266 e. The molecule has 0 aromatic heterocycles. The van der Waals surface area contributed by atoms with Crippen LogP contribution in [0.15, 0.2) is 24.3 Å². The summed E-state index contributed by atoms with van der Waals surface area (Å²) >= 11 is 0. The maximum absolute atomic E-state index is 14.2. The first-order chi connectivity index (χ1) is 10.7. The molecule has 2 aliphatic rings. The van der Waals surface area contributed by atoms with Crippen LogP contribution in [0.2, 0.25) is 0 Å². The Kier molecular flexibility index (Phi) is 3.61. The molecule has 1 aromatic rings. The Morgan fingerprint density at radius 2 is 1.91 bits per heavy atom. The number of carbonyl (C=O) groups excluding carboxylic acids is 2. The Labute approximate surface area is 131 Å². The van der Waals surface area contributed by atoms with E-state index in [1.807, 2.05) is 0 Å². The number of likely N-dealkylation sites (tertiary alicyclic amines) is 2. The first-order valence-electron chi connectivity index (χ1n) is 7.41. The molecule has 0 saturated carbocycles. The van der Waals surface area contributed by atoms with Crippen molar-refractivity contribution >= 4 is 11.8 Å². The number of rotatable bonds is 1. The lowest BCUT2D eigenvalue weighted by atomic mass is 9.76. The van der Waals surface area contributed by atoms with E-state index in [-0.39, 0.29) is 24.4 Å². The van der Waals surface area contributed by atoms with Crippen LogP contribution in [0.25, 0.3) is 0 Å². The van der Waals surface area contributed by atoms with Crippen LogP contribution in [0.5, 0.6) is 0 Å². The van der Waals surface area contributed by atoms with Gasteiger partial charge in [0.25, 0.3) is 11.8 Å². The van der Waals surface area contributed by atoms with Crippen molar-refractivity contribution in [2.45, 2.75) is 18.8 Å². The monoisotopic (exact) mass is 326 g/mol. The van der Waals surface area contributed by atoms with Gasteiger partial charge >= 0.3 is 0 Å². The lowest BCUT2D eigenvalue weighted by molar-refractivity contribution is -0.150. The summed E-state index contributed by atoms with van der Waals surface area (Å²) in [5.74, 6) is -5.09. The summed E-state index contributed by atoms with van der Waals surface area (Å²) in [5, 5.41) is 0. The zero-order chi connectivity index (χ0) is 16.8. The number of piperidine rings is 1. The molecule has 0 unspecified atom stereocenters. The molecule has 2 aliphatic heterocycles. The van der Waals surface area contributed by atoms with Crippen LogP contribution in [0.3, 0.4) is 0 Å². The van der Waals surface area contributed by atoms with Crippen molar-refractivity contribution in [3.63, 3.8) is 0 Å². The third kappa shape index (κ3) is 2.68. The van der Waals surface area contributed by atoms with Gasteiger partial charge in [0.15, 0.2) is 0 Å². The van der Waals surface area contributed by atoms with Gasteiger partial charge in [0, 0.05) is 26.6 Å². The Morgan fingerprint density at radius 1 is 1.22 bits per heavy atom. The van der Waals surface area contributed by atoms with Crippen molar-refractivity contribution in [1.29, 1.82) is 0 Å². The van der Waals surface area contributed by atoms with E-state index in [9.17, 15) is 22.8 Å². The predicted octanol–water partition coefficient (Wildman–Crippen LogP) is 2.16. The van der Waals surface area contributed by atoms with Crippen LogP contribution in [0, 0.1) is 11.2 Å². The van der Waals surface area contributed by atoms with Gasteiger partial charge in [0.1, 0.15) is 5.82 Å². The fourth-order valence-electron chi connectivity index (χ4n) is 3.56. The van der Waals surface area contributed by atoms with Crippen molar-refractivity contribution in [2.24, 2.45) is 5.41 Å². The Balaban J connectivity index is 1.92. The van der Waals surface area contributed by atoms with Crippen LogP contribution < -0.4 is 0 Å². The van der Waals surface area contributed by atoms with Gasteiger partial charge in [0.05, 0.1) is 17.5 Å². The van der Waals surface area contributed by atoms with Gasteiger partial charge in [-0.1, -0.05) is 12.1 Å². The quantitative estimate of drug-likeness (QED) is 0.793. The minimum absolute atomic E-state index is 0.0983. The number of hydrogen-bond donors (Lipinski definition) is 0. The van der Waals surface area contributed by atoms with Gasteiger partial charge in [-0.2, -0.15) is 0 Å². The average molecular weight is 326 g/mol.